The number of hydrogen-bond donors (Lipinski definition) is 3. The van der Waals surface area contributed by atoms with Gasteiger partial charge in [0.05, 0.1) is 11.1 Å². The summed E-state index contributed by atoms with van der Waals surface area (Å²) in [6.45, 7) is 0. The average molecular weight is 529 g/mol. The molecule has 2 aromatic heterocycles. The van der Waals surface area contributed by atoms with Crippen LogP contribution in [0.1, 0.15) is 24.6 Å². The van der Waals surface area contributed by atoms with Crippen molar-refractivity contribution in [3.8, 4) is 0 Å². The number of carbonyl (C=O) groups is 3. The minimum absolute atomic E-state index is 0.0401. The number of carboxylic acid groups (broad SMARTS) is 1. The van der Waals surface area contributed by atoms with Crippen LogP contribution in [-0.2, 0) is 14.4 Å². The first-order chi connectivity index (χ1) is 15.7. The van der Waals surface area contributed by atoms with E-state index in [-0.39, 0.29) is 20.9 Å². The number of nitrogens with one attached hydrogen (secondary N) is 1. The molecule has 3 atom stereocenters. The van der Waals surface area contributed by atoms with E-state index in [0.29, 0.717) is 27.7 Å². The maximum Gasteiger partial charge on any atom is 0.353 e. The Morgan fingerprint density at radius 1 is 1.42 bits per heavy atom. The number of aliphatic carboxylic acids is 1. The number of aromatic nitrogens is 2. The van der Waals surface area contributed by atoms with Gasteiger partial charge in [-0.25, -0.2) is 9.78 Å². The maximum atomic E-state index is 12.8. The van der Waals surface area contributed by atoms with E-state index < -0.39 is 35.9 Å². The molecular weight excluding hydrogens is 515 g/mol. The molecule has 4 N–H and O–H groups in total. The van der Waals surface area contributed by atoms with Crippen LogP contribution < -0.4 is 11.1 Å². The van der Waals surface area contributed by atoms with Gasteiger partial charge < -0.3 is 16.2 Å². The van der Waals surface area contributed by atoms with Crippen LogP contribution in [0, 0.1) is 4.91 Å². The molecule has 15 heteroatoms. The van der Waals surface area contributed by atoms with Crippen molar-refractivity contribution in [3.63, 3.8) is 0 Å². The Hall–Kier alpha value is -2.74. The highest BCUT2D eigenvalue weighted by molar-refractivity contribution is 8.03. The highest BCUT2D eigenvalue weighted by Crippen LogP contribution is 2.44. The molecule has 1 fully saturated rings. The van der Waals surface area contributed by atoms with Gasteiger partial charge in [0, 0.05) is 22.2 Å². The van der Waals surface area contributed by atoms with Crippen molar-refractivity contribution in [2.24, 2.45) is 5.18 Å². The van der Waals surface area contributed by atoms with Gasteiger partial charge >= 0.3 is 5.97 Å². The molecule has 4 heterocycles. The average Bonchev–Trinajstić information content (AvgIpc) is 3.11. The van der Waals surface area contributed by atoms with Crippen molar-refractivity contribution in [1.82, 2.24) is 20.2 Å². The van der Waals surface area contributed by atoms with Gasteiger partial charge in [0.15, 0.2) is 5.13 Å². The number of hydrogen-bond acceptors (Lipinski definition) is 10. The smallest absolute Gasteiger partial charge is 0.353 e. The summed E-state index contributed by atoms with van der Waals surface area (Å²) in [6.07, 6.45) is 3.74. The molecular formula is C18H14Cl2N6O5S2. The molecule has 33 heavy (non-hydrogen) atoms. The van der Waals surface area contributed by atoms with E-state index >= 15 is 0 Å². The molecule has 172 valence electrons. The molecule has 0 saturated carbocycles. The number of amides is 2. The third-order valence-electron chi connectivity index (χ3n) is 5.10. The first-order valence-corrected chi connectivity index (χ1v) is 11.7. The van der Waals surface area contributed by atoms with Crippen LogP contribution in [-0.4, -0.2) is 49.8 Å². The molecule has 1 saturated heterocycles. The summed E-state index contributed by atoms with van der Waals surface area (Å²) in [5.41, 5.74) is 5.28. The Bertz CT molecular complexity index is 1200. The third kappa shape index (κ3) is 4.28. The molecule has 2 aliphatic heterocycles. The van der Waals surface area contributed by atoms with Crippen molar-refractivity contribution < 1.29 is 19.5 Å². The number of pyridine rings is 1. The lowest BCUT2D eigenvalue weighted by Crippen LogP contribution is -2.71. The normalized spacial score (nSPS) is 20.7. The second kappa shape index (κ2) is 9.25. The largest absolute Gasteiger partial charge is 0.477 e. The van der Waals surface area contributed by atoms with Crippen LogP contribution in [0.15, 0.2) is 39.1 Å². The number of anilines is 1. The zero-order valence-electron chi connectivity index (χ0n) is 16.4. The lowest BCUT2D eigenvalue weighted by atomic mass is 9.86. The van der Waals surface area contributed by atoms with E-state index in [1.165, 1.54) is 12.4 Å². The molecule has 11 nitrogen and oxygen atoms in total. The standard InChI is InChI=1S/C18H14Cl2N6O5S2/c19-6-3-4-22-5-9(6)32-8-2-1-7-10(16(28)26(7)13(8)17(29)30)23-15(27)12(25-31)11-14(20)33-18(21)24-11/h3-5,7,10,12H,1-2H2,(H2,21,24)(H,23,27)(H,29,30)/t7?,10-,12?/m0/s1. The second-order valence-corrected chi connectivity index (χ2v) is 10.2. The summed E-state index contributed by atoms with van der Waals surface area (Å²) in [4.78, 5) is 58.8. The van der Waals surface area contributed by atoms with Crippen LogP contribution in [0.25, 0.3) is 0 Å². The number of fused-ring (bicyclic) bond motifs is 1. The van der Waals surface area contributed by atoms with Crippen LogP contribution in [0.3, 0.4) is 0 Å². The summed E-state index contributed by atoms with van der Waals surface area (Å²) < 4.78 is 0.0401. The van der Waals surface area contributed by atoms with Crippen molar-refractivity contribution in [1.29, 1.82) is 0 Å². The lowest BCUT2D eigenvalue weighted by molar-refractivity contribution is -0.156. The quantitative estimate of drug-likeness (QED) is 0.361. The monoisotopic (exact) mass is 528 g/mol. The number of carbonyl (C=O) groups excluding carboxylic acids is 2. The number of nitrogen functional groups attached to an aromatic ring is 1. The Morgan fingerprint density at radius 3 is 2.79 bits per heavy atom. The zero-order valence-corrected chi connectivity index (χ0v) is 19.5. The van der Waals surface area contributed by atoms with E-state index in [1.807, 2.05) is 0 Å². The number of halogens is 2. The van der Waals surface area contributed by atoms with E-state index in [4.69, 9.17) is 28.9 Å². The third-order valence-corrected chi connectivity index (χ3v) is 7.84. The lowest BCUT2D eigenvalue weighted by Gasteiger charge is -2.50. The highest BCUT2D eigenvalue weighted by atomic mass is 35.5. The SMILES string of the molecule is Nc1nc(C(N=O)C(=O)N[C@@H]2C(=O)N3C(C(=O)O)=C(Sc4cnccc4Cl)CCC23)c(Cl)s1. The van der Waals surface area contributed by atoms with Gasteiger partial charge in [-0.2, -0.15) is 0 Å². The number of nitroso groups, excluding NO2 is 1. The van der Waals surface area contributed by atoms with Crippen LogP contribution in [0.4, 0.5) is 5.13 Å². The Balaban J connectivity index is 1.54. The van der Waals surface area contributed by atoms with Crippen molar-refractivity contribution in [2.75, 3.05) is 5.73 Å². The van der Waals surface area contributed by atoms with Crippen LogP contribution in [0.2, 0.25) is 9.36 Å². The van der Waals surface area contributed by atoms with Crippen molar-refractivity contribution >= 4 is 69.2 Å². The number of rotatable bonds is 7. The molecule has 2 aliphatic rings. The minimum atomic E-state index is -1.59. The van der Waals surface area contributed by atoms with Gasteiger partial charge in [0.2, 0.25) is 6.04 Å². The number of nitrogens with two attached hydrogens (primary N) is 1. The molecule has 2 amide bonds. The second-order valence-electron chi connectivity index (χ2n) is 7.00. The first-order valence-electron chi connectivity index (χ1n) is 9.34. The van der Waals surface area contributed by atoms with Gasteiger partial charge in [0.1, 0.15) is 21.8 Å². The Labute approximate surface area is 204 Å². The number of β-lactam (4-membered cyclic amide) rings is 1. The minimum Gasteiger partial charge on any atom is -0.477 e. The van der Waals surface area contributed by atoms with Crippen LogP contribution >= 0.6 is 46.3 Å². The molecule has 4 rings (SSSR count). The van der Waals surface area contributed by atoms with Crippen molar-refractivity contribution in [3.05, 3.63) is 49.0 Å². The zero-order chi connectivity index (χ0) is 23.9. The summed E-state index contributed by atoms with van der Waals surface area (Å²) in [6, 6.07) is -1.62. The molecule has 0 bridgehead atoms. The van der Waals surface area contributed by atoms with E-state index in [2.05, 4.69) is 20.5 Å². The number of allylic oxidation sites excluding steroid dienone is 1. The van der Waals surface area contributed by atoms with Crippen molar-refractivity contribution in [2.45, 2.75) is 35.9 Å². The molecule has 0 spiro atoms. The van der Waals surface area contributed by atoms with E-state index in [1.54, 1.807) is 6.07 Å². The fourth-order valence-electron chi connectivity index (χ4n) is 3.65. The van der Waals surface area contributed by atoms with Crippen LogP contribution in [0.5, 0.6) is 0 Å². The highest BCUT2D eigenvalue weighted by Gasteiger charge is 2.54. The molecule has 0 aromatic carbocycles. The topological polar surface area (TPSA) is 168 Å². The maximum absolute atomic E-state index is 12.8. The predicted molar refractivity (Wildman–Crippen MR) is 122 cm³/mol. The first kappa shape index (κ1) is 23.4. The Kier molecular flexibility index (Phi) is 6.56. The number of thiazole rings is 1. The van der Waals surface area contributed by atoms with E-state index in [0.717, 1.165) is 28.0 Å². The molecule has 0 aliphatic carbocycles. The fraction of sp³-hybridized carbons (Fsp3) is 0.278. The fourth-order valence-corrected chi connectivity index (χ4v) is 5.89. The van der Waals surface area contributed by atoms with Gasteiger partial charge in [0.25, 0.3) is 11.8 Å². The molecule has 2 aromatic rings. The summed E-state index contributed by atoms with van der Waals surface area (Å²) in [7, 11) is 0. The summed E-state index contributed by atoms with van der Waals surface area (Å²) in [5.74, 6) is -2.77. The predicted octanol–water partition coefficient (Wildman–Crippen LogP) is 2.81. The van der Waals surface area contributed by atoms with Gasteiger partial charge in [-0.1, -0.05) is 46.3 Å². The van der Waals surface area contributed by atoms with Gasteiger partial charge in [-0.3, -0.25) is 19.5 Å². The Morgan fingerprint density at radius 2 is 2.18 bits per heavy atom. The van der Waals surface area contributed by atoms with Gasteiger partial charge in [-0.15, -0.1) is 4.91 Å². The number of thioether (sulfide) groups is 1. The van der Waals surface area contributed by atoms with Gasteiger partial charge in [-0.05, 0) is 24.1 Å². The number of carboxylic acids is 1. The summed E-state index contributed by atoms with van der Waals surface area (Å²) >= 11 is 14.1. The summed E-state index contributed by atoms with van der Waals surface area (Å²) in [5, 5.41) is 15.5. The van der Waals surface area contributed by atoms with E-state index in [9.17, 15) is 24.4 Å². The molecule has 0 radical (unpaired) electrons. The molecule has 2 unspecified atom stereocenters. The number of nitrogens with zero attached hydrogens (tertiary/aromatic N) is 4.